The quantitative estimate of drug-likeness (QED) is 0.505. The Labute approximate surface area is 191 Å². The lowest BCUT2D eigenvalue weighted by Gasteiger charge is -2.29. The third-order valence-electron chi connectivity index (χ3n) is 4.99. The number of carbonyl (C=O) groups is 2. The number of halogens is 2. The van der Waals surface area contributed by atoms with Crippen LogP contribution in [0.15, 0.2) is 12.1 Å². The van der Waals surface area contributed by atoms with Crippen molar-refractivity contribution in [2.45, 2.75) is 32.9 Å². The average Bonchev–Trinajstić information content (AvgIpc) is 2.70. The molecule has 172 valence electrons. The van der Waals surface area contributed by atoms with E-state index in [4.69, 9.17) is 15.2 Å². The highest BCUT2D eigenvalue weighted by Crippen LogP contribution is 2.33. The Kier molecular flexibility index (Phi) is 12.8. The second kappa shape index (κ2) is 13.5. The fourth-order valence-corrected chi connectivity index (χ4v) is 3.14. The predicted octanol–water partition coefficient (Wildman–Crippen LogP) is 1.12. The van der Waals surface area contributed by atoms with Gasteiger partial charge in [-0.25, -0.2) is 0 Å². The molecule has 0 spiro atoms. The Balaban J connectivity index is 0.00000420. The SMILES string of the molecule is COc1cc2c(cc1OC)CN(CCNC(=O)CNC(=O)[C@@H](N)C(C)C)CC2.Cl.Cl. The van der Waals surface area contributed by atoms with Crippen LogP contribution in [0.5, 0.6) is 11.5 Å². The second-order valence-corrected chi connectivity index (χ2v) is 7.34. The molecule has 0 saturated carbocycles. The van der Waals surface area contributed by atoms with E-state index in [0.717, 1.165) is 37.6 Å². The van der Waals surface area contributed by atoms with E-state index in [0.29, 0.717) is 6.54 Å². The lowest BCUT2D eigenvalue weighted by molar-refractivity contribution is -0.127. The van der Waals surface area contributed by atoms with E-state index in [1.165, 1.54) is 11.1 Å². The van der Waals surface area contributed by atoms with Crippen molar-refractivity contribution in [2.75, 3.05) is 40.4 Å². The van der Waals surface area contributed by atoms with E-state index in [2.05, 4.69) is 15.5 Å². The second-order valence-electron chi connectivity index (χ2n) is 7.34. The molecule has 10 heteroatoms. The lowest BCUT2D eigenvalue weighted by Crippen LogP contribution is -2.47. The molecule has 0 aromatic heterocycles. The molecule has 0 saturated heterocycles. The first-order valence-electron chi connectivity index (χ1n) is 9.61. The van der Waals surface area contributed by atoms with Crippen molar-refractivity contribution in [3.8, 4) is 11.5 Å². The Morgan fingerprint density at radius 1 is 1.10 bits per heavy atom. The molecule has 1 aliphatic heterocycles. The number of nitrogens with zero attached hydrogens (tertiary/aromatic N) is 1. The van der Waals surface area contributed by atoms with Gasteiger partial charge in [-0.1, -0.05) is 13.8 Å². The molecule has 8 nitrogen and oxygen atoms in total. The highest BCUT2D eigenvalue weighted by molar-refractivity contribution is 5.87. The third kappa shape index (κ3) is 7.83. The number of hydrogen-bond donors (Lipinski definition) is 3. The normalized spacial score (nSPS) is 13.9. The summed E-state index contributed by atoms with van der Waals surface area (Å²) in [4.78, 5) is 26.0. The van der Waals surface area contributed by atoms with Crippen LogP contribution in [0.3, 0.4) is 0 Å². The number of carbonyl (C=O) groups excluding carboxylic acids is 2. The molecular weight excluding hydrogens is 431 g/mol. The zero-order valence-electron chi connectivity index (χ0n) is 18.0. The van der Waals surface area contributed by atoms with Crippen LogP contribution < -0.4 is 25.8 Å². The molecule has 2 rings (SSSR count). The minimum Gasteiger partial charge on any atom is -0.493 e. The van der Waals surface area contributed by atoms with Crippen molar-refractivity contribution < 1.29 is 19.1 Å². The first kappa shape index (κ1) is 28.3. The number of nitrogens with two attached hydrogens (primary N) is 1. The van der Waals surface area contributed by atoms with Crippen LogP contribution in [0, 0.1) is 5.92 Å². The van der Waals surface area contributed by atoms with Gasteiger partial charge in [0.2, 0.25) is 11.8 Å². The van der Waals surface area contributed by atoms with E-state index >= 15 is 0 Å². The van der Waals surface area contributed by atoms with Gasteiger partial charge in [0.25, 0.3) is 0 Å². The van der Waals surface area contributed by atoms with Gasteiger partial charge in [0.1, 0.15) is 0 Å². The van der Waals surface area contributed by atoms with E-state index in [9.17, 15) is 9.59 Å². The fourth-order valence-electron chi connectivity index (χ4n) is 3.14. The number of methoxy groups -OCH3 is 2. The summed E-state index contributed by atoms with van der Waals surface area (Å²) >= 11 is 0. The minimum absolute atomic E-state index is 0. The molecule has 1 heterocycles. The molecule has 4 N–H and O–H groups in total. The van der Waals surface area contributed by atoms with Gasteiger partial charge in [0.15, 0.2) is 11.5 Å². The van der Waals surface area contributed by atoms with Crippen LogP contribution in [-0.2, 0) is 22.6 Å². The molecule has 1 atom stereocenters. The Bertz CT molecular complexity index is 704. The standard InChI is InChI=1S/C20H32N4O4.2ClH/c1-13(2)19(21)20(26)23-11-18(25)22-6-8-24-7-5-14-9-16(27-3)17(28-4)10-15(14)12-24;;/h9-10,13,19H,5-8,11-12,21H2,1-4H3,(H,22,25)(H,23,26);2*1H/t19-;;/m0../s1. The maximum atomic E-state index is 11.9. The van der Waals surface area contributed by atoms with Gasteiger partial charge in [-0.15, -0.1) is 24.8 Å². The largest absolute Gasteiger partial charge is 0.493 e. The minimum atomic E-state index is -0.600. The number of hydrogen-bond acceptors (Lipinski definition) is 6. The van der Waals surface area contributed by atoms with Crippen molar-refractivity contribution in [1.29, 1.82) is 0 Å². The topological polar surface area (TPSA) is 106 Å². The highest BCUT2D eigenvalue weighted by atomic mass is 35.5. The summed E-state index contributed by atoms with van der Waals surface area (Å²) in [5.74, 6) is 0.992. The van der Waals surface area contributed by atoms with Crippen molar-refractivity contribution >= 4 is 36.6 Å². The van der Waals surface area contributed by atoms with Gasteiger partial charge in [-0.2, -0.15) is 0 Å². The number of amides is 2. The molecule has 30 heavy (non-hydrogen) atoms. The Morgan fingerprint density at radius 3 is 2.27 bits per heavy atom. The van der Waals surface area contributed by atoms with Gasteiger partial charge in [-0.05, 0) is 35.6 Å². The predicted molar refractivity (Wildman–Crippen MR) is 122 cm³/mol. The van der Waals surface area contributed by atoms with E-state index in [1.54, 1.807) is 14.2 Å². The summed E-state index contributed by atoms with van der Waals surface area (Å²) in [6.07, 6.45) is 0.923. The van der Waals surface area contributed by atoms with Gasteiger partial charge in [0, 0.05) is 26.2 Å². The summed E-state index contributed by atoms with van der Waals surface area (Å²) in [6.45, 7) is 6.65. The van der Waals surface area contributed by atoms with Crippen molar-refractivity contribution in [3.63, 3.8) is 0 Å². The highest BCUT2D eigenvalue weighted by Gasteiger charge is 2.20. The van der Waals surface area contributed by atoms with Crippen LogP contribution >= 0.6 is 24.8 Å². The van der Waals surface area contributed by atoms with Crippen molar-refractivity contribution in [3.05, 3.63) is 23.3 Å². The van der Waals surface area contributed by atoms with Crippen LogP contribution in [0.1, 0.15) is 25.0 Å². The zero-order valence-corrected chi connectivity index (χ0v) is 19.7. The molecule has 0 unspecified atom stereocenters. The van der Waals surface area contributed by atoms with E-state index in [1.807, 2.05) is 26.0 Å². The first-order chi connectivity index (χ1) is 13.3. The third-order valence-corrected chi connectivity index (χ3v) is 4.99. The van der Waals surface area contributed by atoms with Crippen LogP contribution in [-0.4, -0.2) is 63.2 Å². The molecule has 1 aromatic rings. The summed E-state index contributed by atoms with van der Waals surface area (Å²) in [5, 5.41) is 5.41. The van der Waals surface area contributed by atoms with Crippen LogP contribution in [0.2, 0.25) is 0 Å². The van der Waals surface area contributed by atoms with Crippen molar-refractivity contribution in [2.24, 2.45) is 11.7 Å². The maximum absolute atomic E-state index is 11.9. The monoisotopic (exact) mass is 464 g/mol. The molecule has 0 radical (unpaired) electrons. The summed E-state index contributed by atoms with van der Waals surface area (Å²) in [5.41, 5.74) is 8.23. The average molecular weight is 465 g/mol. The molecule has 1 aliphatic rings. The first-order valence-corrected chi connectivity index (χ1v) is 9.61. The summed E-state index contributed by atoms with van der Waals surface area (Å²) in [6, 6.07) is 3.46. The molecule has 0 fully saturated rings. The molecule has 0 aliphatic carbocycles. The van der Waals surface area contributed by atoms with Gasteiger partial charge < -0.3 is 25.8 Å². The van der Waals surface area contributed by atoms with Gasteiger partial charge in [-0.3, -0.25) is 14.5 Å². The van der Waals surface area contributed by atoms with Gasteiger partial charge in [0.05, 0.1) is 26.8 Å². The number of rotatable bonds is 9. The number of fused-ring (bicyclic) bond motifs is 1. The molecule has 1 aromatic carbocycles. The summed E-state index contributed by atoms with van der Waals surface area (Å²) < 4.78 is 10.7. The lowest BCUT2D eigenvalue weighted by atomic mass is 9.99. The number of ether oxygens (including phenoxy) is 2. The van der Waals surface area contributed by atoms with Crippen molar-refractivity contribution in [1.82, 2.24) is 15.5 Å². The molecular formula is C20H34Cl2N4O4. The summed E-state index contributed by atoms with van der Waals surface area (Å²) in [7, 11) is 3.27. The number of nitrogens with one attached hydrogen (secondary N) is 2. The molecule has 0 bridgehead atoms. The maximum Gasteiger partial charge on any atom is 0.239 e. The van der Waals surface area contributed by atoms with E-state index < -0.39 is 6.04 Å². The zero-order chi connectivity index (χ0) is 20.7. The smallest absolute Gasteiger partial charge is 0.239 e. The fraction of sp³-hybridized carbons (Fsp3) is 0.600. The molecule has 2 amide bonds. The van der Waals surface area contributed by atoms with E-state index in [-0.39, 0.29) is 49.1 Å². The van der Waals surface area contributed by atoms with Gasteiger partial charge >= 0.3 is 0 Å². The Hall–Kier alpha value is -1.74. The number of benzene rings is 1. The Morgan fingerprint density at radius 2 is 1.70 bits per heavy atom. The van der Waals surface area contributed by atoms with Crippen LogP contribution in [0.4, 0.5) is 0 Å². The van der Waals surface area contributed by atoms with Crippen LogP contribution in [0.25, 0.3) is 0 Å².